The van der Waals surface area contributed by atoms with Crippen LogP contribution in [0.25, 0.3) is 0 Å². The number of rotatable bonds is 5. The van der Waals surface area contributed by atoms with E-state index in [4.69, 9.17) is 0 Å². The van der Waals surface area contributed by atoms with Gasteiger partial charge in [0.15, 0.2) is 0 Å². The molecule has 0 unspecified atom stereocenters. The van der Waals surface area contributed by atoms with Crippen molar-refractivity contribution < 1.29 is 0 Å². The first-order valence-electron chi connectivity index (χ1n) is 6.86. The van der Waals surface area contributed by atoms with Crippen LogP contribution >= 0.6 is 0 Å². The van der Waals surface area contributed by atoms with Gasteiger partial charge >= 0.3 is 0 Å². The molecule has 2 rings (SSSR count). The van der Waals surface area contributed by atoms with Gasteiger partial charge in [-0.15, -0.1) is 0 Å². The highest BCUT2D eigenvalue weighted by molar-refractivity contribution is 6.88. The SMILES string of the molecule is C[Si](C)(CC[Si](C)(C)[C]1[CH][CH][CH][CH]1)[C]1[CH][CH][CH][CH]1. The van der Waals surface area contributed by atoms with E-state index in [1.807, 2.05) is 0 Å². The standard InChI is InChI=1S/C16H24Si2/c1-17(2,15-9-5-6-10-15)13-14-18(3,4)16-11-7-8-12-16/h5-12H,13-14H2,1-4H3. The fourth-order valence-corrected chi connectivity index (χ4v) is 10.3. The molecular formula is C16H24Si2. The zero-order valence-corrected chi connectivity index (χ0v) is 14.0. The van der Waals surface area contributed by atoms with Gasteiger partial charge in [-0.1, -0.05) is 38.3 Å². The summed E-state index contributed by atoms with van der Waals surface area (Å²) in [4.78, 5) is 0. The van der Waals surface area contributed by atoms with Crippen LogP contribution in [0.3, 0.4) is 0 Å². The van der Waals surface area contributed by atoms with Gasteiger partial charge in [0.05, 0.1) is 16.1 Å². The van der Waals surface area contributed by atoms with E-state index >= 15 is 0 Å². The van der Waals surface area contributed by atoms with Gasteiger partial charge in [-0.25, -0.2) is 0 Å². The van der Waals surface area contributed by atoms with Crippen LogP contribution in [-0.4, -0.2) is 16.1 Å². The van der Waals surface area contributed by atoms with Gasteiger partial charge in [0, 0.05) is 0 Å². The Morgan fingerprint density at radius 1 is 0.611 bits per heavy atom. The van der Waals surface area contributed by atoms with E-state index in [9.17, 15) is 0 Å². The Hall–Kier alpha value is 0.434. The summed E-state index contributed by atoms with van der Waals surface area (Å²) in [5, 5.41) is 0. The van der Waals surface area contributed by atoms with Crippen LogP contribution in [0.15, 0.2) is 0 Å². The van der Waals surface area contributed by atoms with E-state index in [-0.39, 0.29) is 0 Å². The second-order valence-electron chi connectivity index (χ2n) is 6.61. The highest BCUT2D eigenvalue weighted by Crippen LogP contribution is 2.40. The molecule has 0 aromatic carbocycles. The van der Waals surface area contributed by atoms with E-state index < -0.39 is 16.1 Å². The second-order valence-corrected chi connectivity index (χ2v) is 16.3. The fraction of sp³-hybridized carbons (Fsp3) is 0.375. The summed E-state index contributed by atoms with van der Waals surface area (Å²) < 4.78 is 0. The Balaban J connectivity index is 1.85. The van der Waals surface area contributed by atoms with Gasteiger partial charge < -0.3 is 0 Å². The first kappa shape index (κ1) is 14.8. The van der Waals surface area contributed by atoms with Crippen molar-refractivity contribution in [2.45, 2.75) is 38.3 Å². The largest absolute Gasteiger partial charge is 0.0689 e. The zero-order valence-electron chi connectivity index (χ0n) is 12.0. The first-order valence-corrected chi connectivity index (χ1v) is 13.3. The molecule has 0 bridgehead atoms. The van der Waals surface area contributed by atoms with Crippen molar-refractivity contribution in [1.29, 1.82) is 0 Å². The van der Waals surface area contributed by atoms with Crippen molar-refractivity contribution in [3.05, 3.63) is 62.4 Å². The summed E-state index contributed by atoms with van der Waals surface area (Å²) in [6, 6.07) is 2.84. The molecule has 0 N–H and O–H groups in total. The molecule has 2 saturated carbocycles. The maximum absolute atomic E-state index is 2.51. The molecule has 2 aliphatic rings. The Kier molecular flexibility index (Phi) is 4.80. The molecule has 0 aromatic rings. The molecule has 96 valence electrons. The van der Waals surface area contributed by atoms with Crippen molar-refractivity contribution in [3.63, 3.8) is 0 Å². The molecule has 2 heteroatoms. The highest BCUT2D eigenvalue weighted by Gasteiger charge is 2.39. The minimum atomic E-state index is -1.21. The fourth-order valence-electron chi connectivity index (χ4n) is 2.56. The summed E-state index contributed by atoms with van der Waals surface area (Å²) in [7, 11) is -2.43. The Labute approximate surface area is 117 Å². The van der Waals surface area contributed by atoms with Gasteiger partial charge in [-0.2, -0.15) is 0 Å². The van der Waals surface area contributed by atoms with Crippen LogP contribution in [0.1, 0.15) is 0 Å². The van der Waals surface area contributed by atoms with Crippen LogP contribution in [0.2, 0.25) is 38.3 Å². The summed E-state index contributed by atoms with van der Waals surface area (Å²) in [6.07, 6.45) is 18.0. The molecule has 0 aliphatic heterocycles. The van der Waals surface area contributed by atoms with Gasteiger partial charge in [-0.05, 0) is 62.4 Å². The quantitative estimate of drug-likeness (QED) is 0.655. The Bertz CT molecular complexity index is 230. The Morgan fingerprint density at radius 2 is 0.889 bits per heavy atom. The van der Waals surface area contributed by atoms with Crippen molar-refractivity contribution in [2.24, 2.45) is 0 Å². The van der Waals surface area contributed by atoms with E-state index in [0.717, 1.165) is 0 Å². The third kappa shape index (κ3) is 3.50. The summed E-state index contributed by atoms with van der Waals surface area (Å²) in [6.45, 7) is 10.0. The molecule has 0 spiro atoms. The molecule has 0 heterocycles. The lowest BCUT2D eigenvalue weighted by atomic mass is 10.4. The van der Waals surface area contributed by atoms with E-state index in [2.05, 4.69) is 77.6 Å². The van der Waals surface area contributed by atoms with Crippen molar-refractivity contribution in [2.75, 3.05) is 0 Å². The van der Waals surface area contributed by atoms with E-state index in [0.29, 0.717) is 0 Å². The lowest BCUT2D eigenvalue weighted by molar-refractivity contribution is 1.21. The first-order chi connectivity index (χ1) is 8.42. The van der Waals surface area contributed by atoms with Crippen LogP contribution in [-0.2, 0) is 0 Å². The van der Waals surface area contributed by atoms with Gasteiger partial charge in [0.1, 0.15) is 0 Å². The summed E-state index contributed by atoms with van der Waals surface area (Å²) >= 11 is 0. The minimum Gasteiger partial charge on any atom is -0.0689 e. The van der Waals surface area contributed by atoms with E-state index in [1.54, 1.807) is 11.1 Å². The van der Waals surface area contributed by atoms with Crippen molar-refractivity contribution in [3.8, 4) is 0 Å². The van der Waals surface area contributed by atoms with Crippen LogP contribution in [0, 0.1) is 62.4 Å². The van der Waals surface area contributed by atoms with Crippen LogP contribution < -0.4 is 0 Å². The molecule has 2 fully saturated rings. The van der Waals surface area contributed by atoms with Crippen molar-refractivity contribution in [1.82, 2.24) is 0 Å². The topological polar surface area (TPSA) is 0 Å². The summed E-state index contributed by atoms with van der Waals surface area (Å²) in [5.41, 5.74) is 3.24. The monoisotopic (exact) mass is 272 g/mol. The van der Waals surface area contributed by atoms with Gasteiger partial charge in [0.25, 0.3) is 0 Å². The molecule has 0 saturated heterocycles. The van der Waals surface area contributed by atoms with Gasteiger partial charge in [0.2, 0.25) is 0 Å². The highest BCUT2D eigenvalue weighted by atomic mass is 28.3. The Morgan fingerprint density at radius 3 is 1.17 bits per heavy atom. The predicted octanol–water partition coefficient (Wildman–Crippen LogP) is 4.29. The zero-order chi connectivity index (χ0) is 13.2. The molecule has 0 amide bonds. The van der Waals surface area contributed by atoms with E-state index in [1.165, 1.54) is 12.1 Å². The lowest BCUT2D eigenvalue weighted by Gasteiger charge is -2.35. The average Bonchev–Trinajstić information content (AvgIpc) is 2.99. The molecule has 0 aromatic heterocycles. The average molecular weight is 273 g/mol. The maximum atomic E-state index is 2.51. The third-order valence-electron chi connectivity index (χ3n) is 4.26. The molecule has 0 atom stereocenters. The van der Waals surface area contributed by atoms with Crippen molar-refractivity contribution >= 4 is 16.1 Å². The third-order valence-corrected chi connectivity index (χ3v) is 11.6. The molecule has 0 nitrogen and oxygen atoms in total. The van der Waals surface area contributed by atoms with Gasteiger partial charge in [-0.3, -0.25) is 0 Å². The molecule has 10 radical (unpaired) electrons. The summed E-state index contributed by atoms with van der Waals surface area (Å²) in [5.74, 6) is 0. The number of hydrogen-bond donors (Lipinski definition) is 0. The smallest absolute Gasteiger partial charge is 0.0544 e. The molecular weight excluding hydrogens is 248 g/mol. The van der Waals surface area contributed by atoms with Crippen LogP contribution in [0.5, 0.6) is 0 Å². The maximum Gasteiger partial charge on any atom is 0.0544 e. The second kappa shape index (κ2) is 5.82. The molecule has 2 aliphatic carbocycles. The minimum absolute atomic E-state index is 1.21. The number of hydrogen-bond acceptors (Lipinski definition) is 0. The molecule has 18 heavy (non-hydrogen) atoms. The predicted molar refractivity (Wildman–Crippen MR) is 85.5 cm³/mol. The normalized spacial score (nSPS) is 24.0. The van der Waals surface area contributed by atoms with Crippen LogP contribution in [0.4, 0.5) is 0 Å². The lowest BCUT2D eigenvalue weighted by Crippen LogP contribution is -2.40.